The van der Waals surface area contributed by atoms with Crippen LogP contribution in [0, 0.1) is 0 Å². The second kappa shape index (κ2) is 6.60. The summed E-state index contributed by atoms with van der Waals surface area (Å²) in [6.45, 7) is 4.39. The summed E-state index contributed by atoms with van der Waals surface area (Å²) in [6, 6.07) is 14.5. The first kappa shape index (κ1) is 16.3. The van der Waals surface area contributed by atoms with Crippen LogP contribution in [0.4, 0.5) is 5.69 Å². The van der Waals surface area contributed by atoms with Gasteiger partial charge in [0.25, 0.3) is 0 Å². The molecule has 0 aliphatic carbocycles. The number of fused-ring (bicyclic) bond motifs is 2. The largest absolute Gasteiger partial charge is 0.454 e. The first-order valence-corrected chi connectivity index (χ1v) is 9.14. The molecule has 4 rings (SSSR count). The zero-order valence-electron chi connectivity index (χ0n) is 14.7. The summed E-state index contributed by atoms with van der Waals surface area (Å²) < 4.78 is 11.0. The summed E-state index contributed by atoms with van der Waals surface area (Å²) in [5.41, 5.74) is 3.12. The molecular formula is C21H25NO3. The van der Waals surface area contributed by atoms with E-state index in [2.05, 4.69) is 42.2 Å². The lowest BCUT2D eigenvalue weighted by molar-refractivity contribution is 0.174. The summed E-state index contributed by atoms with van der Waals surface area (Å²) in [4.78, 5) is 2.42. The number of para-hydroxylation sites is 1. The number of rotatable bonds is 6. The Bertz CT molecular complexity index is 761. The van der Waals surface area contributed by atoms with Crippen LogP contribution in [0.15, 0.2) is 42.5 Å². The Kier molecular flexibility index (Phi) is 4.30. The van der Waals surface area contributed by atoms with E-state index in [0.717, 1.165) is 30.2 Å². The molecule has 2 aliphatic rings. The van der Waals surface area contributed by atoms with Crippen molar-refractivity contribution in [2.45, 2.75) is 31.6 Å². The fourth-order valence-corrected chi connectivity index (χ4v) is 4.07. The first-order chi connectivity index (χ1) is 12.3. The Morgan fingerprint density at radius 1 is 1.08 bits per heavy atom. The number of aliphatic hydroxyl groups is 1. The molecule has 4 heteroatoms. The van der Waals surface area contributed by atoms with Crippen molar-refractivity contribution in [1.29, 1.82) is 0 Å². The first-order valence-electron chi connectivity index (χ1n) is 9.14. The number of nitrogens with zero attached hydrogens (tertiary/aromatic N) is 1. The van der Waals surface area contributed by atoms with Crippen LogP contribution in [0.5, 0.6) is 11.5 Å². The normalized spacial score (nSPS) is 20.8. The van der Waals surface area contributed by atoms with E-state index in [-0.39, 0.29) is 13.4 Å². The molecule has 2 aromatic rings. The van der Waals surface area contributed by atoms with Crippen LogP contribution in [0.2, 0.25) is 0 Å². The minimum atomic E-state index is -0.413. The molecule has 0 bridgehead atoms. The maximum Gasteiger partial charge on any atom is 0.231 e. The minimum absolute atomic E-state index is 0.0773. The Labute approximate surface area is 149 Å². The van der Waals surface area contributed by atoms with Crippen molar-refractivity contribution in [3.63, 3.8) is 0 Å². The number of hydrogen-bond acceptors (Lipinski definition) is 4. The molecule has 1 N–H and O–H groups in total. The van der Waals surface area contributed by atoms with Gasteiger partial charge in [0.2, 0.25) is 6.79 Å². The predicted molar refractivity (Wildman–Crippen MR) is 98.6 cm³/mol. The van der Waals surface area contributed by atoms with Crippen molar-refractivity contribution in [3.05, 3.63) is 53.6 Å². The number of benzene rings is 2. The number of unbranched alkanes of at least 4 members (excludes halogenated alkanes) is 2. The van der Waals surface area contributed by atoms with E-state index in [9.17, 15) is 5.11 Å². The lowest BCUT2D eigenvalue weighted by atomic mass is 9.76. The van der Waals surface area contributed by atoms with Gasteiger partial charge in [0, 0.05) is 18.8 Å². The van der Waals surface area contributed by atoms with Crippen molar-refractivity contribution < 1.29 is 14.6 Å². The molecule has 25 heavy (non-hydrogen) atoms. The van der Waals surface area contributed by atoms with Gasteiger partial charge in [-0.3, -0.25) is 0 Å². The third kappa shape index (κ3) is 2.65. The Morgan fingerprint density at radius 2 is 1.92 bits per heavy atom. The smallest absolute Gasteiger partial charge is 0.231 e. The molecule has 2 heterocycles. The molecule has 2 aliphatic heterocycles. The van der Waals surface area contributed by atoms with E-state index in [1.807, 2.05) is 12.1 Å². The minimum Gasteiger partial charge on any atom is -0.454 e. The van der Waals surface area contributed by atoms with Crippen LogP contribution >= 0.6 is 0 Å². The predicted octanol–water partition coefficient (Wildman–Crippen LogP) is 3.70. The van der Waals surface area contributed by atoms with Crippen molar-refractivity contribution >= 4 is 5.69 Å². The third-order valence-electron chi connectivity index (χ3n) is 5.45. The number of anilines is 1. The summed E-state index contributed by atoms with van der Waals surface area (Å²) in [5.74, 6) is 1.55. The molecule has 0 saturated carbocycles. The number of aliphatic hydroxyl groups excluding tert-OH is 1. The molecule has 0 saturated heterocycles. The maximum atomic E-state index is 10.5. The lowest BCUT2D eigenvalue weighted by Gasteiger charge is -2.29. The fraction of sp³-hybridized carbons (Fsp3) is 0.429. The number of hydrogen-bond donors (Lipinski definition) is 1. The highest BCUT2D eigenvalue weighted by Gasteiger charge is 2.44. The molecule has 0 amide bonds. The van der Waals surface area contributed by atoms with Gasteiger partial charge in [-0.15, -0.1) is 0 Å². The van der Waals surface area contributed by atoms with Crippen LogP contribution in [0.3, 0.4) is 0 Å². The number of ether oxygens (including phenoxy) is 2. The highest BCUT2D eigenvalue weighted by molar-refractivity contribution is 5.67. The second-order valence-corrected chi connectivity index (χ2v) is 6.95. The van der Waals surface area contributed by atoms with Crippen molar-refractivity contribution in [2.24, 2.45) is 0 Å². The molecule has 0 spiro atoms. The summed E-state index contributed by atoms with van der Waals surface area (Å²) >= 11 is 0. The van der Waals surface area contributed by atoms with Crippen LogP contribution in [-0.2, 0) is 5.41 Å². The second-order valence-electron chi connectivity index (χ2n) is 6.95. The molecule has 0 aromatic heterocycles. The Balaban J connectivity index is 1.73. The summed E-state index contributed by atoms with van der Waals surface area (Å²) in [5, 5.41) is 10.5. The maximum absolute atomic E-state index is 10.5. The fourth-order valence-electron chi connectivity index (χ4n) is 4.07. The summed E-state index contributed by atoms with van der Waals surface area (Å²) in [7, 11) is 0. The van der Waals surface area contributed by atoms with Crippen molar-refractivity contribution in [3.8, 4) is 11.5 Å². The van der Waals surface area contributed by atoms with E-state index in [4.69, 9.17) is 9.47 Å². The standard InChI is InChI=1S/C21H25NO3/c1-2-3-6-11-22-13-21(14-23,17-7-4-5-8-18(17)22)16-9-10-19-20(12-16)25-15-24-19/h4-5,7-10,12,23H,2-3,6,11,13-15H2,1H3. The monoisotopic (exact) mass is 339 g/mol. The van der Waals surface area contributed by atoms with E-state index >= 15 is 0 Å². The Hall–Kier alpha value is -2.20. The van der Waals surface area contributed by atoms with E-state index in [0.29, 0.717) is 0 Å². The van der Waals surface area contributed by atoms with Gasteiger partial charge in [-0.2, -0.15) is 0 Å². The molecule has 1 atom stereocenters. The van der Waals surface area contributed by atoms with Gasteiger partial charge in [0.15, 0.2) is 11.5 Å². The van der Waals surface area contributed by atoms with Gasteiger partial charge in [-0.1, -0.05) is 44.0 Å². The molecule has 132 valence electrons. The van der Waals surface area contributed by atoms with Crippen LogP contribution in [-0.4, -0.2) is 31.6 Å². The van der Waals surface area contributed by atoms with Gasteiger partial charge in [-0.25, -0.2) is 0 Å². The van der Waals surface area contributed by atoms with Crippen molar-refractivity contribution in [2.75, 3.05) is 31.4 Å². The van der Waals surface area contributed by atoms with Gasteiger partial charge in [-0.05, 0) is 35.7 Å². The molecule has 2 aromatic carbocycles. The van der Waals surface area contributed by atoms with Crippen LogP contribution in [0.25, 0.3) is 0 Å². The molecule has 0 radical (unpaired) electrons. The average Bonchev–Trinajstić information content (AvgIpc) is 3.25. The SMILES string of the molecule is CCCCCN1CC(CO)(c2ccc3c(c2)OCO3)c2ccccc21. The zero-order chi connectivity index (χ0) is 17.3. The zero-order valence-corrected chi connectivity index (χ0v) is 14.7. The quantitative estimate of drug-likeness (QED) is 0.815. The lowest BCUT2D eigenvalue weighted by Crippen LogP contribution is -2.38. The molecule has 0 fully saturated rings. The highest BCUT2D eigenvalue weighted by Crippen LogP contribution is 2.47. The van der Waals surface area contributed by atoms with E-state index < -0.39 is 5.41 Å². The molecule has 1 unspecified atom stereocenters. The van der Waals surface area contributed by atoms with Gasteiger partial charge in [0.05, 0.1) is 12.0 Å². The van der Waals surface area contributed by atoms with Crippen LogP contribution < -0.4 is 14.4 Å². The van der Waals surface area contributed by atoms with Crippen LogP contribution in [0.1, 0.15) is 37.3 Å². The van der Waals surface area contributed by atoms with E-state index in [1.165, 1.54) is 30.5 Å². The highest BCUT2D eigenvalue weighted by atomic mass is 16.7. The van der Waals surface area contributed by atoms with Gasteiger partial charge < -0.3 is 19.5 Å². The van der Waals surface area contributed by atoms with Crippen molar-refractivity contribution in [1.82, 2.24) is 0 Å². The topological polar surface area (TPSA) is 41.9 Å². The summed E-state index contributed by atoms with van der Waals surface area (Å²) in [6.07, 6.45) is 3.62. The molecule has 4 nitrogen and oxygen atoms in total. The third-order valence-corrected chi connectivity index (χ3v) is 5.45. The Morgan fingerprint density at radius 3 is 2.76 bits per heavy atom. The van der Waals surface area contributed by atoms with Gasteiger partial charge in [0.1, 0.15) is 0 Å². The van der Waals surface area contributed by atoms with Gasteiger partial charge >= 0.3 is 0 Å². The molecular weight excluding hydrogens is 314 g/mol. The van der Waals surface area contributed by atoms with E-state index in [1.54, 1.807) is 0 Å². The average molecular weight is 339 g/mol.